The van der Waals surface area contributed by atoms with Gasteiger partial charge in [0.25, 0.3) is 0 Å². The van der Waals surface area contributed by atoms with Gasteiger partial charge in [-0.25, -0.2) is 4.79 Å². The molecule has 0 heterocycles. The van der Waals surface area contributed by atoms with Crippen molar-refractivity contribution in [3.8, 4) is 0 Å². The molecule has 0 aromatic carbocycles. The zero-order valence-electron chi connectivity index (χ0n) is 12.0. The fourth-order valence-corrected chi connectivity index (χ4v) is 2.31. The van der Waals surface area contributed by atoms with E-state index in [0.717, 1.165) is 38.5 Å². The molecule has 0 saturated heterocycles. The molecule has 1 saturated carbocycles. The van der Waals surface area contributed by atoms with Gasteiger partial charge in [-0.05, 0) is 32.1 Å². The number of nitrogens with zero attached hydrogens (tertiary/aromatic N) is 1. The predicted molar refractivity (Wildman–Crippen MR) is 75.6 cm³/mol. The lowest BCUT2D eigenvalue weighted by molar-refractivity contribution is -0.137. The number of rotatable bonds is 10. The first-order valence-electron chi connectivity index (χ1n) is 7.52. The number of nitrogens with one attached hydrogen (secondary N) is 1. The average Bonchev–Trinajstić information content (AvgIpc) is 2.34. The molecular weight excluding hydrogens is 260 g/mol. The average molecular weight is 286 g/mol. The molecule has 1 aliphatic rings. The molecule has 1 rings (SSSR count). The molecule has 0 atom stereocenters. The molecule has 1 aliphatic carbocycles. The monoisotopic (exact) mass is 286 g/mol. The summed E-state index contributed by atoms with van der Waals surface area (Å²) in [5.41, 5.74) is 0. The summed E-state index contributed by atoms with van der Waals surface area (Å²) < 4.78 is 0. The highest BCUT2D eigenvalue weighted by Crippen LogP contribution is 2.24. The topological polar surface area (TPSA) is 89.9 Å². The minimum atomic E-state index is -0.751. The molecule has 20 heavy (non-hydrogen) atoms. The first kappa shape index (κ1) is 16.8. The Hall–Kier alpha value is -1.30. The van der Waals surface area contributed by atoms with E-state index in [-0.39, 0.29) is 25.1 Å². The third-order valence-electron chi connectivity index (χ3n) is 3.71. The lowest BCUT2D eigenvalue weighted by atomic mass is 9.92. The van der Waals surface area contributed by atoms with E-state index in [0.29, 0.717) is 19.5 Å². The number of carbonyl (C=O) groups is 2. The number of urea groups is 1. The highest BCUT2D eigenvalue weighted by atomic mass is 16.4. The third kappa shape index (κ3) is 6.23. The Morgan fingerprint density at radius 1 is 1.15 bits per heavy atom. The van der Waals surface area contributed by atoms with Crippen molar-refractivity contribution in [3.05, 3.63) is 0 Å². The van der Waals surface area contributed by atoms with Gasteiger partial charge in [0.05, 0.1) is 6.61 Å². The van der Waals surface area contributed by atoms with Gasteiger partial charge in [-0.15, -0.1) is 0 Å². The van der Waals surface area contributed by atoms with Crippen molar-refractivity contribution in [2.24, 2.45) is 0 Å². The Kier molecular flexibility index (Phi) is 8.02. The van der Waals surface area contributed by atoms with Crippen molar-refractivity contribution in [1.29, 1.82) is 0 Å². The van der Waals surface area contributed by atoms with E-state index in [4.69, 9.17) is 10.2 Å². The number of hydrogen-bond donors (Lipinski definition) is 3. The van der Waals surface area contributed by atoms with E-state index in [1.54, 1.807) is 4.90 Å². The molecule has 0 aromatic heterocycles. The fraction of sp³-hybridized carbons (Fsp3) is 0.857. The van der Waals surface area contributed by atoms with E-state index in [1.807, 2.05) is 0 Å². The van der Waals surface area contributed by atoms with Gasteiger partial charge in [0.1, 0.15) is 0 Å². The molecule has 0 aromatic rings. The number of carbonyl (C=O) groups excluding carboxylic acids is 1. The summed E-state index contributed by atoms with van der Waals surface area (Å²) in [5.74, 6) is -0.751. The van der Waals surface area contributed by atoms with Crippen LogP contribution in [0.4, 0.5) is 4.79 Å². The van der Waals surface area contributed by atoms with E-state index in [9.17, 15) is 9.59 Å². The van der Waals surface area contributed by atoms with Gasteiger partial charge in [-0.1, -0.05) is 12.8 Å². The SMILES string of the molecule is O=C(O)CCCCCCNC(=O)N(CCO)C1CCC1. The second-order valence-electron chi connectivity index (χ2n) is 5.29. The summed E-state index contributed by atoms with van der Waals surface area (Å²) in [4.78, 5) is 24.0. The van der Waals surface area contributed by atoms with E-state index in [2.05, 4.69) is 5.32 Å². The van der Waals surface area contributed by atoms with Crippen molar-refractivity contribution < 1.29 is 19.8 Å². The van der Waals surface area contributed by atoms with E-state index < -0.39 is 5.97 Å². The number of aliphatic hydroxyl groups excluding tert-OH is 1. The molecule has 0 bridgehead atoms. The molecule has 2 amide bonds. The van der Waals surface area contributed by atoms with Crippen LogP contribution in [-0.4, -0.2) is 52.9 Å². The van der Waals surface area contributed by atoms with Gasteiger partial charge < -0.3 is 20.4 Å². The number of unbranched alkanes of at least 4 members (excludes halogenated alkanes) is 3. The number of hydrogen-bond acceptors (Lipinski definition) is 3. The molecule has 0 radical (unpaired) electrons. The van der Waals surface area contributed by atoms with Crippen LogP contribution in [0.2, 0.25) is 0 Å². The Morgan fingerprint density at radius 3 is 2.40 bits per heavy atom. The Labute approximate surface area is 120 Å². The van der Waals surface area contributed by atoms with Crippen molar-refractivity contribution >= 4 is 12.0 Å². The highest BCUT2D eigenvalue weighted by molar-refractivity contribution is 5.74. The van der Waals surface area contributed by atoms with Gasteiger partial charge in [0, 0.05) is 25.6 Å². The molecule has 3 N–H and O–H groups in total. The third-order valence-corrected chi connectivity index (χ3v) is 3.71. The highest BCUT2D eigenvalue weighted by Gasteiger charge is 2.27. The standard InChI is InChI=1S/C14H26N2O4/c17-11-10-16(12-6-5-7-12)14(20)15-9-4-2-1-3-8-13(18)19/h12,17H,1-11H2,(H,15,20)(H,18,19). The molecule has 1 fully saturated rings. The summed E-state index contributed by atoms with van der Waals surface area (Å²) in [6.45, 7) is 1.01. The van der Waals surface area contributed by atoms with Crippen LogP contribution >= 0.6 is 0 Å². The lowest BCUT2D eigenvalue weighted by Gasteiger charge is -2.37. The lowest BCUT2D eigenvalue weighted by Crippen LogP contribution is -2.50. The smallest absolute Gasteiger partial charge is 0.317 e. The van der Waals surface area contributed by atoms with Crippen LogP contribution in [0.5, 0.6) is 0 Å². The Morgan fingerprint density at radius 2 is 1.85 bits per heavy atom. The summed E-state index contributed by atoms with van der Waals surface area (Å²) in [5, 5.41) is 20.4. The summed E-state index contributed by atoms with van der Waals surface area (Å²) in [6.07, 6.45) is 6.81. The van der Waals surface area contributed by atoms with Gasteiger partial charge in [-0.2, -0.15) is 0 Å². The van der Waals surface area contributed by atoms with Gasteiger partial charge >= 0.3 is 12.0 Å². The molecule has 116 valence electrons. The number of carboxylic acids is 1. The minimum absolute atomic E-state index is 0.000885. The number of carboxylic acid groups (broad SMARTS) is 1. The number of aliphatic hydroxyl groups is 1. The zero-order valence-corrected chi connectivity index (χ0v) is 12.0. The molecule has 0 spiro atoms. The maximum absolute atomic E-state index is 12.0. The van der Waals surface area contributed by atoms with Crippen molar-refractivity contribution in [2.45, 2.75) is 57.4 Å². The van der Waals surface area contributed by atoms with Gasteiger partial charge in [0.2, 0.25) is 0 Å². The maximum atomic E-state index is 12.0. The molecular formula is C14H26N2O4. The number of aliphatic carboxylic acids is 1. The molecule has 0 aliphatic heterocycles. The summed E-state index contributed by atoms with van der Waals surface area (Å²) >= 11 is 0. The second kappa shape index (κ2) is 9.58. The van der Waals surface area contributed by atoms with Crippen molar-refractivity contribution in [3.63, 3.8) is 0 Å². The normalized spacial score (nSPS) is 14.7. The second-order valence-corrected chi connectivity index (χ2v) is 5.29. The maximum Gasteiger partial charge on any atom is 0.317 e. The van der Waals surface area contributed by atoms with Crippen LogP contribution in [0.25, 0.3) is 0 Å². The Balaban J connectivity index is 2.07. The van der Waals surface area contributed by atoms with Crippen LogP contribution in [0.15, 0.2) is 0 Å². The van der Waals surface area contributed by atoms with E-state index >= 15 is 0 Å². The zero-order chi connectivity index (χ0) is 14.8. The van der Waals surface area contributed by atoms with Crippen LogP contribution in [0.1, 0.15) is 51.4 Å². The summed E-state index contributed by atoms with van der Waals surface area (Å²) in [6, 6.07) is 0.201. The van der Waals surface area contributed by atoms with Gasteiger partial charge in [-0.3, -0.25) is 4.79 Å². The molecule has 0 unspecified atom stereocenters. The van der Waals surface area contributed by atoms with E-state index in [1.165, 1.54) is 0 Å². The number of amides is 2. The van der Waals surface area contributed by atoms with Crippen LogP contribution in [0.3, 0.4) is 0 Å². The molecule has 6 nitrogen and oxygen atoms in total. The largest absolute Gasteiger partial charge is 0.481 e. The Bertz CT molecular complexity index is 306. The summed E-state index contributed by atoms with van der Waals surface area (Å²) in [7, 11) is 0. The van der Waals surface area contributed by atoms with Crippen LogP contribution in [0, 0.1) is 0 Å². The van der Waals surface area contributed by atoms with Crippen molar-refractivity contribution in [1.82, 2.24) is 10.2 Å². The minimum Gasteiger partial charge on any atom is -0.481 e. The molecule has 6 heteroatoms. The van der Waals surface area contributed by atoms with Gasteiger partial charge in [0.15, 0.2) is 0 Å². The van der Waals surface area contributed by atoms with Crippen molar-refractivity contribution in [2.75, 3.05) is 19.7 Å². The first-order chi connectivity index (χ1) is 9.65. The quantitative estimate of drug-likeness (QED) is 0.532. The van der Waals surface area contributed by atoms with Crippen LogP contribution < -0.4 is 5.32 Å². The predicted octanol–water partition coefficient (Wildman–Crippen LogP) is 1.58. The first-order valence-corrected chi connectivity index (χ1v) is 7.52. The fourth-order valence-electron chi connectivity index (χ4n) is 2.31. The van der Waals surface area contributed by atoms with Crippen LogP contribution in [-0.2, 0) is 4.79 Å².